The lowest BCUT2D eigenvalue weighted by molar-refractivity contribution is 0.0701. The van der Waals surface area contributed by atoms with Crippen LogP contribution in [0.4, 0.5) is 5.13 Å². The number of aryl methyl sites for hydroxylation is 3. The minimum absolute atomic E-state index is 0.260. The molecule has 2 N–H and O–H groups in total. The van der Waals surface area contributed by atoms with Crippen LogP contribution >= 0.6 is 11.3 Å². The number of rotatable bonds is 4. The largest absolute Gasteiger partial charge is 0.477 e. The topological polar surface area (TPSA) is 88.3 Å². The number of hydrogen-bond acceptors (Lipinski definition) is 6. The highest BCUT2D eigenvalue weighted by molar-refractivity contribution is 7.17. The first-order valence-corrected chi connectivity index (χ1v) is 6.17. The van der Waals surface area contributed by atoms with Crippen LogP contribution in [0, 0.1) is 20.8 Å². The summed E-state index contributed by atoms with van der Waals surface area (Å²) < 4.78 is 5.05. The molecular weight excluding hydrogens is 254 g/mol. The van der Waals surface area contributed by atoms with Crippen LogP contribution in [-0.4, -0.2) is 21.2 Å². The number of aromatic carboxylic acids is 1. The van der Waals surface area contributed by atoms with Crippen molar-refractivity contribution in [1.29, 1.82) is 0 Å². The molecule has 0 aliphatic heterocycles. The first-order valence-electron chi connectivity index (χ1n) is 5.35. The number of aromatic nitrogens is 2. The molecule has 18 heavy (non-hydrogen) atoms. The lowest BCUT2D eigenvalue weighted by Gasteiger charge is -2.00. The number of thiazole rings is 1. The van der Waals surface area contributed by atoms with Crippen LogP contribution in [0.1, 0.15) is 32.4 Å². The Morgan fingerprint density at radius 3 is 2.61 bits per heavy atom. The van der Waals surface area contributed by atoms with Crippen LogP contribution in [-0.2, 0) is 6.54 Å². The maximum absolute atomic E-state index is 10.9. The van der Waals surface area contributed by atoms with Crippen molar-refractivity contribution in [2.45, 2.75) is 27.3 Å². The van der Waals surface area contributed by atoms with Crippen LogP contribution in [0.25, 0.3) is 0 Å². The van der Waals surface area contributed by atoms with Gasteiger partial charge in [0.2, 0.25) is 0 Å². The van der Waals surface area contributed by atoms with Gasteiger partial charge in [0, 0.05) is 12.1 Å². The molecule has 0 unspecified atom stereocenters. The van der Waals surface area contributed by atoms with Crippen molar-refractivity contribution in [3.8, 4) is 0 Å². The molecule has 2 heterocycles. The molecule has 0 spiro atoms. The number of anilines is 1. The van der Waals surface area contributed by atoms with Gasteiger partial charge in [-0.05, 0) is 20.8 Å². The van der Waals surface area contributed by atoms with Crippen molar-refractivity contribution >= 4 is 22.4 Å². The van der Waals surface area contributed by atoms with Gasteiger partial charge in [0.25, 0.3) is 0 Å². The summed E-state index contributed by atoms with van der Waals surface area (Å²) in [5.41, 5.74) is 2.32. The van der Waals surface area contributed by atoms with Gasteiger partial charge in [-0.2, -0.15) is 0 Å². The molecule has 0 aliphatic carbocycles. The third-order valence-electron chi connectivity index (χ3n) is 2.59. The van der Waals surface area contributed by atoms with E-state index in [4.69, 9.17) is 9.63 Å². The van der Waals surface area contributed by atoms with E-state index in [9.17, 15) is 4.79 Å². The minimum atomic E-state index is -0.949. The van der Waals surface area contributed by atoms with Gasteiger partial charge in [0.1, 0.15) is 10.6 Å². The van der Waals surface area contributed by atoms with Crippen molar-refractivity contribution in [2.75, 3.05) is 5.32 Å². The van der Waals surface area contributed by atoms with Crippen LogP contribution in [0.5, 0.6) is 0 Å². The van der Waals surface area contributed by atoms with Gasteiger partial charge in [-0.3, -0.25) is 0 Å². The molecule has 0 aliphatic rings. The zero-order valence-corrected chi connectivity index (χ0v) is 11.1. The molecule has 0 saturated carbocycles. The summed E-state index contributed by atoms with van der Waals surface area (Å²) in [5.74, 6) is -0.192. The molecule has 96 valence electrons. The average Bonchev–Trinajstić information content (AvgIpc) is 2.81. The molecule has 2 aromatic rings. The Bertz CT molecular complexity index is 569. The average molecular weight is 267 g/mol. The van der Waals surface area contributed by atoms with Crippen molar-refractivity contribution in [3.63, 3.8) is 0 Å². The summed E-state index contributed by atoms with van der Waals surface area (Å²) in [7, 11) is 0. The Balaban J connectivity index is 2.11. The van der Waals surface area contributed by atoms with E-state index in [2.05, 4.69) is 15.5 Å². The van der Waals surface area contributed by atoms with Crippen LogP contribution < -0.4 is 5.32 Å². The second-order valence-corrected chi connectivity index (χ2v) is 4.89. The Morgan fingerprint density at radius 1 is 1.39 bits per heavy atom. The number of carboxylic acid groups (broad SMARTS) is 1. The SMILES string of the molecule is Cc1nc(NCc2c(C)noc2C)sc1C(=O)O. The number of carbonyl (C=O) groups is 1. The van der Waals surface area contributed by atoms with Gasteiger partial charge in [-0.15, -0.1) is 0 Å². The van der Waals surface area contributed by atoms with E-state index in [1.165, 1.54) is 0 Å². The quantitative estimate of drug-likeness (QED) is 0.884. The Morgan fingerprint density at radius 2 is 2.11 bits per heavy atom. The van der Waals surface area contributed by atoms with Gasteiger partial charge in [0.05, 0.1) is 11.4 Å². The van der Waals surface area contributed by atoms with E-state index in [1.807, 2.05) is 13.8 Å². The lowest BCUT2D eigenvalue weighted by Crippen LogP contribution is -2.00. The van der Waals surface area contributed by atoms with Crippen LogP contribution in [0.15, 0.2) is 4.52 Å². The van der Waals surface area contributed by atoms with Gasteiger partial charge >= 0.3 is 5.97 Å². The number of carboxylic acids is 1. The van der Waals surface area contributed by atoms with E-state index in [0.29, 0.717) is 17.4 Å². The van der Waals surface area contributed by atoms with Crippen molar-refractivity contribution < 1.29 is 14.4 Å². The minimum Gasteiger partial charge on any atom is -0.477 e. The van der Waals surface area contributed by atoms with E-state index in [0.717, 1.165) is 28.4 Å². The third-order valence-corrected chi connectivity index (χ3v) is 3.69. The lowest BCUT2D eigenvalue weighted by atomic mass is 10.2. The molecule has 0 aromatic carbocycles. The molecule has 0 saturated heterocycles. The summed E-state index contributed by atoms with van der Waals surface area (Å²) in [6.45, 7) is 5.91. The van der Waals surface area contributed by atoms with Gasteiger partial charge < -0.3 is 14.9 Å². The predicted octanol–water partition coefficient (Wildman–Crippen LogP) is 2.37. The van der Waals surface area contributed by atoms with Gasteiger partial charge in [-0.25, -0.2) is 9.78 Å². The summed E-state index contributed by atoms with van der Waals surface area (Å²) in [6, 6.07) is 0. The Hall–Kier alpha value is -1.89. The van der Waals surface area contributed by atoms with E-state index < -0.39 is 5.97 Å². The second-order valence-electron chi connectivity index (χ2n) is 3.89. The molecule has 2 aromatic heterocycles. The van der Waals surface area contributed by atoms with Crippen molar-refractivity contribution in [1.82, 2.24) is 10.1 Å². The van der Waals surface area contributed by atoms with Gasteiger partial charge in [0.15, 0.2) is 5.13 Å². The molecule has 0 amide bonds. The first kappa shape index (κ1) is 12.6. The predicted molar refractivity (Wildman–Crippen MR) is 67.1 cm³/mol. The summed E-state index contributed by atoms with van der Waals surface area (Å²) in [5, 5.41) is 16.5. The first-order chi connectivity index (χ1) is 8.49. The normalized spacial score (nSPS) is 10.6. The molecule has 0 bridgehead atoms. The molecular formula is C11H13N3O3S. The van der Waals surface area contributed by atoms with Crippen LogP contribution in [0.2, 0.25) is 0 Å². The summed E-state index contributed by atoms with van der Waals surface area (Å²) >= 11 is 1.13. The number of nitrogens with zero attached hydrogens (tertiary/aromatic N) is 2. The fraction of sp³-hybridized carbons (Fsp3) is 0.364. The maximum atomic E-state index is 10.9. The second kappa shape index (κ2) is 4.77. The molecule has 2 rings (SSSR count). The fourth-order valence-corrected chi connectivity index (χ4v) is 2.39. The molecule has 6 nitrogen and oxygen atoms in total. The zero-order valence-electron chi connectivity index (χ0n) is 10.3. The zero-order chi connectivity index (χ0) is 13.3. The van der Waals surface area contributed by atoms with Crippen LogP contribution in [0.3, 0.4) is 0 Å². The van der Waals surface area contributed by atoms with Crippen molar-refractivity contribution in [2.24, 2.45) is 0 Å². The highest BCUT2D eigenvalue weighted by atomic mass is 32.1. The maximum Gasteiger partial charge on any atom is 0.347 e. The summed E-state index contributed by atoms with van der Waals surface area (Å²) in [4.78, 5) is 15.3. The Labute approximate surface area is 108 Å². The van der Waals surface area contributed by atoms with E-state index in [1.54, 1.807) is 6.92 Å². The van der Waals surface area contributed by atoms with E-state index in [-0.39, 0.29) is 4.88 Å². The molecule has 0 radical (unpaired) electrons. The summed E-state index contributed by atoms with van der Waals surface area (Å²) in [6.07, 6.45) is 0. The molecule has 7 heteroatoms. The van der Waals surface area contributed by atoms with E-state index >= 15 is 0 Å². The third kappa shape index (κ3) is 2.35. The number of hydrogen-bond donors (Lipinski definition) is 2. The Kier molecular flexibility index (Phi) is 3.33. The standard InChI is InChI=1S/C11H13N3O3S/c1-5-8(7(3)17-14-5)4-12-11-13-6(2)9(18-11)10(15)16/h4H2,1-3H3,(H,12,13)(H,15,16). The van der Waals surface area contributed by atoms with Crippen molar-refractivity contribution in [3.05, 3.63) is 27.6 Å². The highest BCUT2D eigenvalue weighted by Crippen LogP contribution is 2.23. The molecule has 0 fully saturated rings. The number of nitrogens with one attached hydrogen (secondary N) is 1. The smallest absolute Gasteiger partial charge is 0.347 e. The highest BCUT2D eigenvalue weighted by Gasteiger charge is 2.15. The molecule has 0 atom stereocenters. The monoisotopic (exact) mass is 267 g/mol. The van der Waals surface area contributed by atoms with Gasteiger partial charge in [-0.1, -0.05) is 16.5 Å². The fourth-order valence-electron chi connectivity index (χ4n) is 1.59.